The van der Waals surface area contributed by atoms with E-state index in [4.69, 9.17) is 10.8 Å². The van der Waals surface area contributed by atoms with E-state index in [0.29, 0.717) is 12.6 Å². The number of hydrogen-bond donors (Lipinski definition) is 2. The van der Waals surface area contributed by atoms with Gasteiger partial charge >= 0.3 is 0 Å². The van der Waals surface area contributed by atoms with Gasteiger partial charge in [0.2, 0.25) is 0 Å². The van der Waals surface area contributed by atoms with Crippen molar-refractivity contribution in [2.75, 3.05) is 6.61 Å². The Morgan fingerprint density at radius 3 is 2.40 bits per heavy atom. The maximum atomic E-state index is 9.93. The van der Waals surface area contributed by atoms with Crippen LogP contribution < -0.4 is 5.73 Å². The smallest absolute Gasteiger partial charge is 0.163 e. The van der Waals surface area contributed by atoms with Crippen molar-refractivity contribution < 1.29 is 19.4 Å². The Morgan fingerprint density at radius 1 is 1.50 bits per heavy atom. The third-order valence-electron chi connectivity index (χ3n) is 0.798. The van der Waals surface area contributed by atoms with Crippen LogP contribution in [0.25, 0.3) is 0 Å². The largest absolute Gasteiger partial charge is 0.393 e. The van der Waals surface area contributed by atoms with E-state index in [1.54, 1.807) is 0 Å². The molecule has 0 radical (unpaired) electrons. The predicted octanol–water partition coefficient (Wildman–Crippen LogP) is -1.95. The van der Waals surface area contributed by atoms with Gasteiger partial charge in [0.1, 0.15) is 6.10 Å². The second-order valence-electron chi connectivity index (χ2n) is 1.59. The van der Waals surface area contributed by atoms with Crippen molar-refractivity contribution in [3.63, 3.8) is 0 Å². The van der Waals surface area contributed by atoms with Gasteiger partial charge in [-0.2, -0.15) is 0 Å². The third-order valence-corrected chi connectivity index (χ3v) is 0.798. The van der Waals surface area contributed by atoms with Crippen LogP contribution >= 0.6 is 0 Å². The van der Waals surface area contributed by atoms with Crippen molar-refractivity contribution in [1.82, 2.24) is 0 Å². The number of ether oxygens (including phenoxy) is 1. The number of nitrogens with two attached hydrogens (primary N) is 1. The van der Waals surface area contributed by atoms with Crippen LogP contribution in [0.15, 0.2) is 0 Å². The highest BCUT2D eigenvalue weighted by molar-refractivity contribution is 5.59. The van der Waals surface area contributed by atoms with Crippen molar-refractivity contribution in [1.29, 1.82) is 0 Å². The Labute approximate surface area is 57.8 Å². The highest BCUT2D eigenvalue weighted by Gasteiger charge is 2.09. The average molecular weight is 147 g/mol. The van der Waals surface area contributed by atoms with Gasteiger partial charge in [0.25, 0.3) is 0 Å². The molecular weight excluding hydrogens is 138 g/mol. The summed E-state index contributed by atoms with van der Waals surface area (Å²) in [5.41, 5.74) is 4.96. The van der Waals surface area contributed by atoms with Crippen LogP contribution in [0.3, 0.4) is 0 Å². The molecule has 10 heavy (non-hydrogen) atoms. The van der Waals surface area contributed by atoms with E-state index in [0.717, 1.165) is 0 Å². The summed E-state index contributed by atoms with van der Waals surface area (Å²) in [6.07, 6.45) is -1.42. The molecule has 2 atom stereocenters. The van der Waals surface area contributed by atoms with Crippen LogP contribution in [-0.2, 0) is 14.3 Å². The SMILES string of the molecule is N[C@@H](C=O)O[C@@H](C=O)CO. The van der Waals surface area contributed by atoms with Gasteiger partial charge in [-0.15, -0.1) is 0 Å². The van der Waals surface area contributed by atoms with Crippen molar-refractivity contribution in [2.24, 2.45) is 5.73 Å². The molecule has 0 aromatic rings. The number of aliphatic hydroxyl groups is 1. The molecule has 0 aliphatic rings. The summed E-state index contributed by atoms with van der Waals surface area (Å²) < 4.78 is 4.49. The van der Waals surface area contributed by atoms with Crippen molar-refractivity contribution in [3.8, 4) is 0 Å². The Bertz CT molecular complexity index is 116. The molecule has 5 heteroatoms. The van der Waals surface area contributed by atoms with Gasteiger partial charge in [-0.25, -0.2) is 0 Å². The molecule has 0 aromatic heterocycles. The molecule has 0 heterocycles. The minimum atomic E-state index is -1.14. The summed E-state index contributed by atoms with van der Waals surface area (Å²) in [6.45, 7) is -0.467. The average Bonchev–Trinajstić information content (AvgIpc) is 1.99. The number of aldehydes is 2. The number of rotatable bonds is 5. The zero-order valence-electron chi connectivity index (χ0n) is 5.27. The van der Waals surface area contributed by atoms with Crippen LogP contribution in [0, 0.1) is 0 Å². The van der Waals surface area contributed by atoms with Gasteiger partial charge < -0.3 is 14.6 Å². The highest BCUT2D eigenvalue weighted by atomic mass is 16.5. The molecular formula is C5H9NO4. The monoisotopic (exact) mass is 147 g/mol. The maximum Gasteiger partial charge on any atom is 0.163 e. The van der Waals surface area contributed by atoms with E-state index < -0.39 is 18.9 Å². The summed E-state index contributed by atoms with van der Waals surface area (Å²) >= 11 is 0. The van der Waals surface area contributed by atoms with E-state index in [-0.39, 0.29) is 0 Å². The molecule has 0 rings (SSSR count). The Kier molecular flexibility index (Phi) is 4.65. The topological polar surface area (TPSA) is 89.6 Å². The van der Waals surface area contributed by atoms with E-state index in [9.17, 15) is 9.59 Å². The normalized spacial score (nSPS) is 15.8. The first-order valence-corrected chi connectivity index (χ1v) is 2.67. The first-order chi connectivity index (χ1) is 4.74. The van der Waals surface area contributed by atoms with Gasteiger partial charge in [-0.05, 0) is 0 Å². The number of carbonyl (C=O) groups excluding carboxylic acids is 2. The molecule has 0 bridgehead atoms. The summed E-state index contributed by atoms with van der Waals surface area (Å²) in [5.74, 6) is 0. The van der Waals surface area contributed by atoms with Crippen LogP contribution in [0.4, 0.5) is 0 Å². The summed E-state index contributed by atoms with van der Waals surface area (Å²) in [7, 11) is 0. The summed E-state index contributed by atoms with van der Waals surface area (Å²) in [4.78, 5) is 19.8. The van der Waals surface area contributed by atoms with Crippen LogP contribution in [-0.4, -0.2) is 36.6 Å². The second kappa shape index (κ2) is 5.04. The molecule has 0 aliphatic heterocycles. The van der Waals surface area contributed by atoms with Crippen molar-refractivity contribution >= 4 is 12.6 Å². The Hall–Kier alpha value is -0.780. The lowest BCUT2D eigenvalue weighted by Crippen LogP contribution is -2.33. The van der Waals surface area contributed by atoms with Gasteiger partial charge in [-0.3, -0.25) is 10.5 Å². The second-order valence-corrected chi connectivity index (χ2v) is 1.59. The highest BCUT2D eigenvalue weighted by Crippen LogP contribution is 1.87. The van der Waals surface area contributed by atoms with Crippen LogP contribution in [0.2, 0.25) is 0 Å². The van der Waals surface area contributed by atoms with E-state index >= 15 is 0 Å². The molecule has 0 saturated carbocycles. The fraction of sp³-hybridized carbons (Fsp3) is 0.600. The lowest BCUT2D eigenvalue weighted by Gasteiger charge is -2.09. The van der Waals surface area contributed by atoms with Crippen LogP contribution in [0.5, 0.6) is 0 Å². The lowest BCUT2D eigenvalue weighted by molar-refractivity contribution is -0.131. The lowest BCUT2D eigenvalue weighted by atomic mass is 10.4. The minimum absolute atomic E-state index is 0.339. The quantitative estimate of drug-likeness (QED) is 0.348. The van der Waals surface area contributed by atoms with E-state index in [1.807, 2.05) is 0 Å². The Morgan fingerprint density at radius 2 is 2.10 bits per heavy atom. The molecule has 58 valence electrons. The number of carbonyl (C=O) groups is 2. The first kappa shape index (κ1) is 9.22. The number of hydrogen-bond acceptors (Lipinski definition) is 5. The molecule has 3 N–H and O–H groups in total. The fourth-order valence-corrected chi connectivity index (χ4v) is 0.352. The van der Waals surface area contributed by atoms with E-state index in [1.165, 1.54) is 0 Å². The molecule has 5 nitrogen and oxygen atoms in total. The molecule has 0 amide bonds. The first-order valence-electron chi connectivity index (χ1n) is 2.67. The number of aliphatic hydroxyl groups excluding tert-OH is 1. The zero-order chi connectivity index (χ0) is 7.98. The molecule has 0 aliphatic carbocycles. The van der Waals surface area contributed by atoms with Crippen molar-refractivity contribution in [3.05, 3.63) is 0 Å². The molecule has 0 fully saturated rings. The predicted molar refractivity (Wildman–Crippen MR) is 32.1 cm³/mol. The fourth-order valence-electron chi connectivity index (χ4n) is 0.352. The van der Waals surface area contributed by atoms with Gasteiger partial charge in [0.05, 0.1) is 6.61 Å². The maximum absolute atomic E-state index is 9.93. The molecule has 0 unspecified atom stereocenters. The summed E-state index contributed by atoms with van der Waals surface area (Å²) in [5, 5.41) is 8.34. The third kappa shape index (κ3) is 3.29. The zero-order valence-corrected chi connectivity index (χ0v) is 5.27. The standard InChI is InChI=1S/C5H9NO4/c6-5(3-9)10-4(1-7)2-8/h1,3-5,8H,2,6H2/t4-,5+/m0/s1. The van der Waals surface area contributed by atoms with Crippen molar-refractivity contribution in [2.45, 2.75) is 12.3 Å². The summed E-state index contributed by atoms with van der Waals surface area (Å²) in [6, 6.07) is 0. The van der Waals surface area contributed by atoms with Gasteiger partial charge in [-0.1, -0.05) is 0 Å². The van der Waals surface area contributed by atoms with Crippen LogP contribution in [0.1, 0.15) is 0 Å². The molecule has 0 saturated heterocycles. The Balaban J connectivity index is 3.61. The van der Waals surface area contributed by atoms with Gasteiger partial charge in [0, 0.05) is 0 Å². The minimum Gasteiger partial charge on any atom is -0.393 e. The molecule has 0 spiro atoms. The molecule has 0 aromatic carbocycles. The van der Waals surface area contributed by atoms with Gasteiger partial charge in [0.15, 0.2) is 18.8 Å². The van der Waals surface area contributed by atoms with E-state index in [2.05, 4.69) is 4.74 Å².